The third kappa shape index (κ3) is 4.00. The lowest BCUT2D eigenvalue weighted by Gasteiger charge is -2.34. The van der Waals surface area contributed by atoms with Crippen LogP contribution in [0.5, 0.6) is 0 Å². The maximum absolute atomic E-state index is 6.35. The van der Waals surface area contributed by atoms with E-state index in [1.807, 2.05) is 17.4 Å². The van der Waals surface area contributed by atoms with Gasteiger partial charge in [0.1, 0.15) is 11.2 Å². The van der Waals surface area contributed by atoms with Gasteiger partial charge in [-0.3, -0.25) is 0 Å². The van der Waals surface area contributed by atoms with Crippen molar-refractivity contribution in [2.45, 2.75) is 5.41 Å². The maximum Gasteiger partial charge on any atom is 0.136 e. The summed E-state index contributed by atoms with van der Waals surface area (Å²) in [6.07, 6.45) is 0. The molecule has 0 fully saturated rings. The molecule has 10 aromatic rings. The molecule has 0 unspecified atom stereocenters. The summed E-state index contributed by atoms with van der Waals surface area (Å²) in [6.45, 7) is 0. The summed E-state index contributed by atoms with van der Waals surface area (Å²) in [5.74, 6) is 0. The molecule has 0 amide bonds. The van der Waals surface area contributed by atoms with E-state index in [9.17, 15) is 0 Å². The third-order valence-corrected chi connectivity index (χ3v) is 12.2. The third-order valence-electron chi connectivity index (χ3n) is 10.9. The molecule has 11 rings (SSSR count). The van der Waals surface area contributed by atoms with Gasteiger partial charge >= 0.3 is 0 Å². The summed E-state index contributed by atoms with van der Waals surface area (Å²) in [5, 5.41) is 4.86. The summed E-state index contributed by atoms with van der Waals surface area (Å²) in [5.41, 5.74) is 12.5. The average molecular weight is 682 g/mol. The Labute approximate surface area is 305 Å². The average Bonchev–Trinajstić information content (AvgIpc) is 3.88. The summed E-state index contributed by atoms with van der Waals surface area (Å²) in [7, 11) is 0. The number of rotatable bonds is 5. The van der Waals surface area contributed by atoms with Gasteiger partial charge in [0.15, 0.2) is 0 Å². The fourth-order valence-electron chi connectivity index (χ4n) is 8.87. The molecule has 8 aromatic carbocycles. The Morgan fingerprint density at radius 3 is 1.81 bits per heavy atom. The van der Waals surface area contributed by atoms with E-state index in [0.29, 0.717) is 0 Å². The molecule has 0 radical (unpaired) electrons. The summed E-state index contributed by atoms with van der Waals surface area (Å²) >= 11 is 1.87. The van der Waals surface area contributed by atoms with Gasteiger partial charge in [-0.25, -0.2) is 0 Å². The number of hydrogen-bond acceptors (Lipinski definition) is 3. The predicted molar refractivity (Wildman–Crippen MR) is 219 cm³/mol. The first-order valence-corrected chi connectivity index (χ1v) is 18.6. The van der Waals surface area contributed by atoms with Crippen molar-refractivity contribution in [1.82, 2.24) is 0 Å². The van der Waals surface area contributed by atoms with Gasteiger partial charge in [-0.1, -0.05) is 146 Å². The molecule has 2 nitrogen and oxygen atoms in total. The van der Waals surface area contributed by atoms with E-state index in [2.05, 4.69) is 187 Å². The fraction of sp³-hybridized carbons (Fsp3) is 0.0204. The molecule has 0 N–H and O–H groups in total. The minimum absolute atomic E-state index is 0.482. The first kappa shape index (κ1) is 29.3. The molecule has 244 valence electrons. The highest BCUT2D eigenvalue weighted by atomic mass is 32.1. The van der Waals surface area contributed by atoms with Crippen LogP contribution in [0.15, 0.2) is 192 Å². The van der Waals surface area contributed by atoms with E-state index in [4.69, 9.17) is 4.42 Å². The van der Waals surface area contributed by atoms with Crippen LogP contribution in [0.3, 0.4) is 0 Å². The van der Waals surface area contributed by atoms with Crippen molar-refractivity contribution in [2.75, 3.05) is 4.90 Å². The largest absolute Gasteiger partial charge is 0.456 e. The number of benzene rings is 8. The van der Waals surface area contributed by atoms with Crippen LogP contribution < -0.4 is 4.90 Å². The minimum atomic E-state index is -0.482. The SMILES string of the molecule is c1ccc(N(c2cccc3c2-c2ccccc2C3(c2ccccc2)c2ccccc2)c2cccc3c2sc2c3ccc3oc4ccccc4c32)cc1. The van der Waals surface area contributed by atoms with Crippen LogP contribution in [0.1, 0.15) is 22.3 Å². The number of para-hydroxylation sites is 2. The fourth-order valence-corrected chi connectivity index (χ4v) is 10.2. The summed E-state index contributed by atoms with van der Waals surface area (Å²) < 4.78 is 8.85. The van der Waals surface area contributed by atoms with Crippen molar-refractivity contribution in [3.05, 3.63) is 210 Å². The van der Waals surface area contributed by atoms with Gasteiger partial charge < -0.3 is 9.32 Å². The van der Waals surface area contributed by atoms with Crippen molar-refractivity contribution in [3.63, 3.8) is 0 Å². The normalized spacial score (nSPS) is 13.2. The molecule has 0 saturated heterocycles. The molecular weight excluding hydrogens is 651 g/mol. The quantitative estimate of drug-likeness (QED) is 0.180. The highest BCUT2D eigenvalue weighted by Gasteiger charge is 2.47. The second-order valence-electron chi connectivity index (χ2n) is 13.6. The lowest BCUT2D eigenvalue weighted by Crippen LogP contribution is -2.28. The number of nitrogens with zero attached hydrogens (tertiary/aromatic N) is 1. The number of hydrogen-bond donors (Lipinski definition) is 0. The first-order valence-electron chi connectivity index (χ1n) is 17.8. The number of fused-ring (bicyclic) bond motifs is 10. The molecule has 1 aliphatic carbocycles. The zero-order valence-electron chi connectivity index (χ0n) is 28.2. The molecule has 0 atom stereocenters. The Hall–Kier alpha value is -6.42. The second-order valence-corrected chi connectivity index (χ2v) is 14.6. The molecule has 3 heteroatoms. The van der Waals surface area contributed by atoms with Crippen LogP contribution in [-0.2, 0) is 5.41 Å². The molecular formula is C49H31NOS. The Morgan fingerprint density at radius 2 is 1.02 bits per heavy atom. The number of thiophene rings is 1. The Balaban J connectivity index is 1.24. The molecule has 2 aromatic heterocycles. The Bertz CT molecular complexity index is 2920. The first-order chi connectivity index (χ1) is 25.8. The van der Waals surface area contributed by atoms with E-state index < -0.39 is 5.41 Å². The standard InChI is InChI=1S/C49H31NOS/c1-4-16-32(17-5-1)49(33-18-6-2-7-19-33)39-25-12-10-22-37(39)45-40(49)26-15-27-41(45)50(34-20-8-3-9-21-34)42-28-14-24-35-36-30-31-44-46(48(36)52-47(35)42)38-23-11-13-29-43(38)51-44/h1-31H. The van der Waals surface area contributed by atoms with E-state index >= 15 is 0 Å². The van der Waals surface area contributed by atoms with Gasteiger partial charge in [0.2, 0.25) is 0 Å². The summed E-state index contributed by atoms with van der Waals surface area (Å²) in [4.78, 5) is 2.49. The van der Waals surface area contributed by atoms with Gasteiger partial charge in [0, 0.05) is 37.5 Å². The van der Waals surface area contributed by atoms with Crippen molar-refractivity contribution >= 4 is 70.5 Å². The molecule has 2 heterocycles. The van der Waals surface area contributed by atoms with Crippen LogP contribution in [0, 0.1) is 0 Å². The Kier molecular flexibility index (Phi) is 6.37. The topological polar surface area (TPSA) is 16.4 Å². The van der Waals surface area contributed by atoms with Gasteiger partial charge in [-0.2, -0.15) is 0 Å². The highest BCUT2D eigenvalue weighted by molar-refractivity contribution is 7.27. The smallest absolute Gasteiger partial charge is 0.136 e. The molecule has 52 heavy (non-hydrogen) atoms. The van der Waals surface area contributed by atoms with Crippen LogP contribution in [-0.4, -0.2) is 0 Å². The zero-order valence-corrected chi connectivity index (χ0v) is 29.0. The maximum atomic E-state index is 6.35. The van der Waals surface area contributed by atoms with Crippen LogP contribution >= 0.6 is 11.3 Å². The Morgan fingerprint density at radius 1 is 0.423 bits per heavy atom. The van der Waals surface area contributed by atoms with E-state index in [1.54, 1.807) is 0 Å². The van der Waals surface area contributed by atoms with E-state index in [0.717, 1.165) is 33.6 Å². The van der Waals surface area contributed by atoms with Crippen LogP contribution in [0.25, 0.3) is 53.2 Å². The predicted octanol–water partition coefficient (Wildman–Crippen LogP) is 13.8. The van der Waals surface area contributed by atoms with Gasteiger partial charge in [0.25, 0.3) is 0 Å². The van der Waals surface area contributed by atoms with Gasteiger partial charge in [-0.05, 0) is 70.3 Å². The lowest BCUT2D eigenvalue weighted by molar-refractivity contribution is 0.669. The minimum Gasteiger partial charge on any atom is -0.456 e. The van der Waals surface area contributed by atoms with Crippen LogP contribution in [0.2, 0.25) is 0 Å². The van der Waals surface area contributed by atoms with Crippen molar-refractivity contribution in [3.8, 4) is 11.1 Å². The highest BCUT2D eigenvalue weighted by Crippen LogP contribution is 2.60. The lowest BCUT2D eigenvalue weighted by atomic mass is 9.68. The van der Waals surface area contributed by atoms with Crippen molar-refractivity contribution < 1.29 is 4.42 Å². The van der Waals surface area contributed by atoms with Crippen LogP contribution in [0.4, 0.5) is 17.1 Å². The van der Waals surface area contributed by atoms with E-state index in [-0.39, 0.29) is 0 Å². The monoisotopic (exact) mass is 681 g/mol. The number of furan rings is 1. The molecule has 1 aliphatic rings. The van der Waals surface area contributed by atoms with Gasteiger partial charge in [0.05, 0.1) is 21.5 Å². The molecule has 0 aliphatic heterocycles. The summed E-state index contributed by atoms with van der Waals surface area (Å²) in [6, 6.07) is 68.4. The molecule has 0 spiro atoms. The second kappa shape index (κ2) is 11.3. The molecule has 0 bridgehead atoms. The van der Waals surface area contributed by atoms with E-state index in [1.165, 1.54) is 58.9 Å². The van der Waals surface area contributed by atoms with Crippen molar-refractivity contribution in [1.29, 1.82) is 0 Å². The number of anilines is 3. The molecule has 0 saturated carbocycles. The van der Waals surface area contributed by atoms with Gasteiger partial charge in [-0.15, -0.1) is 11.3 Å². The zero-order chi connectivity index (χ0) is 34.2. The van der Waals surface area contributed by atoms with Crippen molar-refractivity contribution in [2.24, 2.45) is 0 Å².